The van der Waals surface area contributed by atoms with Gasteiger partial charge >= 0.3 is 0 Å². The monoisotopic (exact) mass is 206 g/mol. The van der Waals surface area contributed by atoms with Gasteiger partial charge in [0, 0.05) is 6.04 Å². The molecule has 0 aromatic carbocycles. The lowest BCUT2D eigenvalue weighted by atomic mass is 10.1. The summed E-state index contributed by atoms with van der Waals surface area (Å²) < 4.78 is 1.64. The molecule has 0 aliphatic heterocycles. The molecule has 0 fully saturated rings. The van der Waals surface area contributed by atoms with Crippen molar-refractivity contribution in [1.82, 2.24) is 25.0 Å². The zero-order valence-corrected chi connectivity index (χ0v) is 9.05. The zero-order valence-electron chi connectivity index (χ0n) is 9.05. The van der Waals surface area contributed by atoms with Crippen LogP contribution in [0.2, 0.25) is 0 Å². The van der Waals surface area contributed by atoms with Crippen LogP contribution >= 0.6 is 0 Å². The van der Waals surface area contributed by atoms with E-state index in [1.165, 1.54) is 0 Å². The van der Waals surface area contributed by atoms with Crippen LogP contribution in [0.5, 0.6) is 0 Å². The number of tetrazole rings is 1. The van der Waals surface area contributed by atoms with E-state index < -0.39 is 0 Å². The first-order valence-electron chi connectivity index (χ1n) is 4.97. The fraction of sp³-hybridized carbons (Fsp3) is 0.556. The van der Waals surface area contributed by atoms with Crippen molar-refractivity contribution in [3.63, 3.8) is 0 Å². The molecule has 2 aromatic heterocycles. The van der Waals surface area contributed by atoms with Crippen molar-refractivity contribution in [3.8, 4) is 0 Å². The molecule has 15 heavy (non-hydrogen) atoms. The van der Waals surface area contributed by atoms with Crippen molar-refractivity contribution >= 4 is 11.5 Å². The predicted molar refractivity (Wildman–Crippen MR) is 56.5 cm³/mol. The molecule has 0 aliphatic rings. The highest BCUT2D eigenvalue weighted by molar-refractivity contribution is 5.44. The topological polar surface area (TPSA) is 68.0 Å². The summed E-state index contributed by atoms with van der Waals surface area (Å²) in [5.41, 5.74) is 0.649. The first-order valence-corrected chi connectivity index (χ1v) is 4.97. The van der Waals surface area contributed by atoms with Crippen LogP contribution in [0.4, 0.5) is 5.82 Å². The van der Waals surface area contributed by atoms with Crippen LogP contribution in [0.1, 0.15) is 20.8 Å². The molecule has 80 valence electrons. The molecule has 0 spiro atoms. The molecule has 6 nitrogen and oxygen atoms in total. The molecule has 0 bridgehead atoms. The van der Waals surface area contributed by atoms with Gasteiger partial charge in [-0.25, -0.2) is 0 Å². The Morgan fingerprint density at radius 1 is 1.27 bits per heavy atom. The third-order valence-corrected chi connectivity index (χ3v) is 2.48. The minimum absolute atomic E-state index is 0.349. The van der Waals surface area contributed by atoms with Gasteiger partial charge in [0.1, 0.15) is 0 Å². The summed E-state index contributed by atoms with van der Waals surface area (Å²) >= 11 is 0. The van der Waals surface area contributed by atoms with Gasteiger partial charge in [0.2, 0.25) is 0 Å². The molecular formula is C9H14N6. The van der Waals surface area contributed by atoms with Gasteiger partial charge in [-0.15, -0.1) is 5.10 Å². The lowest BCUT2D eigenvalue weighted by Crippen LogP contribution is -2.23. The summed E-state index contributed by atoms with van der Waals surface area (Å²) in [7, 11) is 0. The van der Waals surface area contributed by atoms with Gasteiger partial charge < -0.3 is 5.32 Å². The van der Waals surface area contributed by atoms with E-state index in [2.05, 4.69) is 46.6 Å². The van der Waals surface area contributed by atoms with E-state index in [9.17, 15) is 0 Å². The van der Waals surface area contributed by atoms with Crippen LogP contribution in [0.15, 0.2) is 12.4 Å². The molecule has 1 atom stereocenters. The summed E-state index contributed by atoms with van der Waals surface area (Å²) in [4.78, 5) is 4.07. The molecule has 2 heterocycles. The van der Waals surface area contributed by atoms with Gasteiger partial charge in [0.05, 0.1) is 12.4 Å². The zero-order chi connectivity index (χ0) is 10.8. The highest BCUT2D eigenvalue weighted by Crippen LogP contribution is 2.11. The number of nitrogens with zero attached hydrogens (tertiary/aromatic N) is 5. The molecule has 1 N–H and O–H groups in total. The molecule has 2 rings (SSSR count). The van der Waals surface area contributed by atoms with Gasteiger partial charge in [0.15, 0.2) is 11.5 Å². The van der Waals surface area contributed by atoms with E-state index in [0.717, 1.165) is 5.82 Å². The highest BCUT2D eigenvalue weighted by Gasteiger charge is 2.10. The number of rotatable bonds is 3. The Kier molecular flexibility index (Phi) is 2.49. The van der Waals surface area contributed by atoms with Crippen molar-refractivity contribution in [2.75, 3.05) is 5.32 Å². The van der Waals surface area contributed by atoms with Crippen LogP contribution in [0.3, 0.4) is 0 Å². The van der Waals surface area contributed by atoms with E-state index in [-0.39, 0.29) is 0 Å². The summed E-state index contributed by atoms with van der Waals surface area (Å²) in [6.07, 6.45) is 3.35. The van der Waals surface area contributed by atoms with Crippen molar-refractivity contribution in [2.24, 2.45) is 5.92 Å². The summed E-state index contributed by atoms with van der Waals surface area (Å²) in [5, 5.41) is 14.6. The maximum atomic E-state index is 4.07. The third-order valence-electron chi connectivity index (χ3n) is 2.48. The average Bonchev–Trinajstić information content (AvgIpc) is 2.66. The Balaban J connectivity index is 2.31. The Hall–Kier alpha value is -1.72. The van der Waals surface area contributed by atoms with Crippen molar-refractivity contribution < 1.29 is 0 Å². The molecule has 1 unspecified atom stereocenters. The smallest absolute Gasteiger partial charge is 0.199 e. The molecule has 0 aliphatic carbocycles. The van der Waals surface area contributed by atoms with Crippen molar-refractivity contribution in [1.29, 1.82) is 0 Å². The number of hydrogen-bond donors (Lipinski definition) is 1. The normalized spacial score (nSPS) is 13.3. The Morgan fingerprint density at radius 2 is 2.07 bits per heavy atom. The Morgan fingerprint density at radius 3 is 2.80 bits per heavy atom. The third kappa shape index (κ3) is 1.88. The molecular weight excluding hydrogens is 192 g/mol. The van der Waals surface area contributed by atoms with Crippen LogP contribution in [-0.4, -0.2) is 31.1 Å². The number of aromatic nitrogens is 5. The lowest BCUT2D eigenvalue weighted by Gasteiger charge is -2.18. The fourth-order valence-corrected chi connectivity index (χ4v) is 1.17. The summed E-state index contributed by atoms with van der Waals surface area (Å²) in [6.45, 7) is 6.43. The first-order chi connectivity index (χ1) is 7.18. The second-order valence-electron chi connectivity index (χ2n) is 3.92. The van der Waals surface area contributed by atoms with Crippen LogP contribution in [0, 0.1) is 5.92 Å². The SMILES string of the molecule is CC(C)C(C)Nc1cncc2nnnn12. The molecule has 6 heteroatoms. The maximum absolute atomic E-state index is 4.07. The minimum Gasteiger partial charge on any atom is -0.366 e. The molecule has 0 saturated heterocycles. The summed E-state index contributed by atoms with van der Waals surface area (Å²) in [6, 6.07) is 0.349. The van der Waals surface area contributed by atoms with E-state index in [1.807, 2.05) is 0 Å². The van der Waals surface area contributed by atoms with Gasteiger partial charge in [-0.3, -0.25) is 4.98 Å². The average molecular weight is 206 g/mol. The van der Waals surface area contributed by atoms with Crippen LogP contribution < -0.4 is 5.32 Å². The van der Waals surface area contributed by atoms with E-state index in [0.29, 0.717) is 17.6 Å². The van der Waals surface area contributed by atoms with Crippen molar-refractivity contribution in [2.45, 2.75) is 26.8 Å². The predicted octanol–water partition coefficient (Wildman–Crippen LogP) is 0.976. The van der Waals surface area contributed by atoms with E-state index >= 15 is 0 Å². The van der Waals surface area contributed by atoms with Gasteiger partial charge in [0.25, 0.3) is 0 Å². The number of hydrogen-bond acceptors (Lipinski definition) is 5. The minimum atomic E-state index is 0.349. The lowest BCUT2D eigenvalue weighted by molar-refractivity contribution is 0.556. The molecule has 0 saturated carbocycles. The highest BCUT2D eigenvalue weighted by atomic mass is 15.5. The van der Waals surface area contributed by atoms with E-state index in [4.69, 9.17) is 0 Å². The Labute approximate surface area is 87.7 Å². The Bertz CT molecular complexity index is 449. The molecule has 0 radical (unpaired) electrons. The standard InChI is InChI=1S/C9H14N6/c1-6(2)7(3)11-8-4-10-5-9-12-13-14-15(8)9/h4-7,11H,1-3H3. The molecule has 0 amide bonds. The second kappa shape index (κ2) is 3.80. The first kappa shape index (κ1) is 9.82. The molecule has 2 aromatic rings. The van der Waals surface area contributed by atoms with Gasteiger partial charge in [-0.2, -0.15) is 4.52 Å². The van der Waals surface area contributed by atoms with Gasteiger partial charge in [-0.1, -0.05) is 13.8 Å². The van der Waals surface area contributed by atoms with Crippen LogP contribution in [-0.2, 0) is 0 Å². The summed E-state index contributed by atoms with van der Waals surface area (Å²) in [5.74, 6) is 1.36. The fourth-order valence-electron chi connectivity index (χ4n) is 1.17. The van der Waals surface area contributed by atoms with Crippen molar-refractivity contribution in [3.05, 3.63) is 12.4 Å². The largest absolute Gasteiger partial charge is 0.366 e. The maximum Gasteiger partial charge on any atom is 0.199 e. The number of anilines is 1. The quantitative estimate of drug-likeness (QED) is 0.810. The second-order valence-corrected chi connectivity index (χ2v) is 3.92. The number of nitrogens with one attached hydrogen (secondary N) is 1. The van der Waals surface area contributed by atoms with E-state index in [1.54, 1.807) is 16.9 Å². The van der Waals surface area contributed by atoms with Crippen LogP contribution in [0.25, 0.3) is 5.65 Å². The number of fused-ring (bicyclic) bond motifs is 1. The van der Waals surface area contributed by atoms with Gasteiger partial charge in [-0.05, 0) is 23.3 Å².